The van der Waals surface area contributed by atoms with Crippen molar-refractivity contribution < 1.29 is 34.1 Å². The molecule has 332 valence electrons. The molecular formula is C47H56N8O7S. The molecule has 1 saturated heterocycles. The summed E-state index contributed by atoms with van der Waals surface area (Å²) >= 11 is 1.57. The SMILES string of the molecule is Cc1ncsc1-c1ccc(CNC(=O)[C@@H]2C[C@@H](O)CN2C(=O)[C@@H](NC(=O)CCCCC(=O)NCc2ccc(CCOc3cc(-c4ccccc4O)nnc3N)cc2)C(C)(C)C)cc1. The number of ether oxygens (including phenoxy) is 1. The number of benzene rings is 3. The Bertz CT molecular complexity index is 2360. The molecule has 0 spiro atoms. The van der Waals surface area contributed by atoms with Gasteiger partial charge in [-0.25, -0.2) is 4.98 Å². The largest absolute Gasteiger partial charge is 0.507 e. The van der Waals surface area contributed by atoms with Gasteiger partial charge in [0, 0.05) is 56.9 Å². The number of nitrogens with two attached hydrogens (primary N) is 1. The summed E-state index contributed by atoms with van der Waals surface area (Å²) in [5.74, 6) is -0.652. The number of anilines is 1. The van der Waals surface area contributed by atoms with E-state index in [1.54, 1.807) is 41.7 Å². The van der Waals surface area contributed by atoms with Crippen LogP contribution in [0, 0.1) is 12.3 Å². The first-order valence-corrected chi connectivity index (χ1v) is 22.0. The van der Waals surface area contributed by atoms with Crippen LogP contribution in [0.15, 0.2) is 84.4 Å². The molecule has 1 fully saturated rings. The Hall–Kier alpha value is -6.39. The number of hydrogen-bond acceptors (Lipinski definition) is 12. The fourth-order valence-corrected chi connectivity index (χ4v) is 8.11. The lowest BCUT2D eigenvalue weighted by Gasteiger charge is -2.35. The molecule has 0 aliphatic carbocycles. The Balaban J connectivity index is 0.898. The van der Waals surface area contributed by atoms with E-state index in [2.05, 4.69) is 31.1 Å². The number of aliphatic hydroxyl groups is 1. The molecule has 15 nitrogen and oxygen atoms in total. The minimum Gasteiger partial charge on any atom is -0.507 e. The first-order valence-electron chi connectivity index (χ1n) is 21.1. The van der Waals surface area contributed by atoms with Crippen molar-refractivity contribution in [2.75, 3.05) is 18.9 Å². The molecule has 0 unspecified atom stereocenters. The average molecular weight is 877 g/mol. The third-order valence-corrected chi connectivity index (χ3v) is 11.9. The maximum absolute atomic E-state index is 14.0. The van der Waals surface area contributed by atoms with Crippen molar-refractivity contribution in [1.82, 2.24) is 36.0 Å². The monoisotopic (exact) mass is 876 g/mol. The van der Waals surface area contributed by atoms with E-state index in [-0.39, 0.29) is 61.6 Å². The number of phenols is 1. The minimum atomic E-state index is -0.933. The number of aromatic nitrogens is 3. The van der Waals surface area contributed by atoms with E-state index in [1.165, 1.54) is 4.90 Å². The second-order valence-electron chi connectivity index (χ2n) is 16.8. The van der Waals surface area contributed by atoms with Crippen LogP contribution in [0.2, 0.25) is 0 Å². The highest BCUT2D eigenvalue weighted by Crippen LogP contribution is 2.31. The molecule has 2 aromatic heterocycles. The number of unbranched alkanes of at least 4 members (excludes halogenated alkanes) is 1. The van der Waals surface area contributed by atoms with Crippen LogP contribution in [-0.2, 0) is 38.7 Å². The number of para-hydroxylation sites is 1. The summed E-state index contributed by atoms with van der Waals surface area (Å²) in [6.45, 7) is 8.43. The van der Waals surface area contributed by atoms with Crippen LogP contribution < -0.4 is 26.4 Å². The van der Waals surface area contributed by atoms with Crippen molar-refractivity contribution in [1.29, 1.82) is 0 Å². The van der Waals surface area contributed by atoms with Crippen molar-refractivity contribution in [3.8, 4) is 33.2 Å². The number of carbonyl (C=O) groups is 4. The highest BCUT2D eigenvalue weighted by atomic mass is 32.1. The van der Waals surface area contributed by atoms with Crippen molar-refractivity contribution in [2.24, 2.45) is 5.41 Å². The van der Waals surface area contributed by atoms with Crippen molar-refractivity contribution in [3.05, 3.63) is 107 Å². The summed E-state index contributed by atoms with van der Waals surface area (Å²) in [6.07, 6.45) is 1.10. The summed E-state index contributed by atoms with van der Waals surface area (Å²) in [5, 5.41) is 37.5. The molecule has 0 radical (unpaired) electrons. The Labute approximate surface area is 371 Å². The van der Waals surface area contributed by atoms with E-state index in [4.69, 9.17) is 10.5 Å². The van der Waals surface area contributed by atoms with Gasteiger partial charge in [-0.1, -0.05) is 81.4 Å². The Kier molecular flexibility index (Phi) is 15.5. The van der Waals surface area contributed by atoms with E-state index in [1.807, 2.05) is 81.7 Å². The zero-order chi connectivity index (χ0) is 45.1. The summed E-state index contributed by atoms with van der Waals surface area (Å²) < 4.78 is 5.89. The van der Waals surface area contributed by atoms with Crippen LogP contribution >= 0.6 is 11.3 Å². The van der Waals surface area contributed by atoms with Gasteiger partial charge in [-0.15, -0.1) is 21.5 Å². The van der Waals surface area contributed by atoms with Crippen molar-refractivity contribution in [2.45, 2.75) is 97.5 Å². The van der Waals surface area contributed by atoms with Gasteiger partial charge in [-0.05, 0) is 59.6 Å². The standard InChI is InChI=1S/C47H56N8O7S/c1-29-42(63-28-51-29)33-19-17-32(18-20-33)26-50-45(60)37-23-34(56)27-55(37)46(61)43(47(2,3)4)52-41(59)12-8-7-11-40(58)49-25-31-15-13-30(14-16-31)21-22-62-39-24-36(53-54-44(39)48)35-9-5-6-10-38(35)57/h5-6,9-10,13-20,24,28,34,37,43,56-57H,7-8,11-12,21-23,25-27H2,1-4H3,(H2,48,54)(H,49,58)(H,50,60)(H,52,59)/t34-,37+,43-/m1/s1. The molecule has 3 heterocycles. The van der Waals surface area contributed by atoms with Crippen LogP contribution in [0.5, 0.6) is 11.5 Å². The first-order chi connectivity index (χ1) is 30.2. The van der Waals surface area contributed by atoms with Gasteiger partial charge in [0.15, 0.2) is 11.6 Å². The number of nitrogens with zero attached hydrogens (tertiary/aromatic N) is 4. The lowest BCUT2D eigenvalue weighted by Crippen LogP contribution is -2.57. The molecule has 6 rings (SSSR count). The summed E-state index contributed by atoms with van der Waals surface area (Å²) in [6, 6.07) is 22.3. The van der Waals surface area contributed by atoms with E-state index >= 15 is 0 Å². The number of carbonyl (C=O) groups excluding carboxylic acids is 4. The zero-order valence-corrected chi connectivity index (χ0v) is 36.9. The Morgan fingerprint density at radius 3 is 2.22 bits per heavy atom. The maximum Gasteiger partial charge on any atom is 0.246 e. The van der Waals surface area contributed by atoms with E-state index in [0.717, 1.165) is 32.8 Å². The van der Waals surface area contributed by atoms with Gasteiger partial charge < -0.3 is 41.5 Å². The number of β-amino-alcohol motifs (C(OH)–C–C–N with tert-alkyl or cyclic N) is 1. The highest BCUT2D eigenvalue weighted by Gasteiger charge is 2.44. The lowest BCUT2D eigenvalue weighted by molar-refractivity contribution is -0.144. The highest BCUT2D eigenvalue weighted by molar-refractivity contribution is 7.13. The predicted molar refractivity (Wildman–Crippen MR) is 241 cm³/mol. The quantitative estimate of drug-likeness (QED) is 0.0606. The van der Waals surface area contributed by atoms with Gasteiger partial charge in [0.05, 0.1) is 28.8 Å². The number of thiazole rings is 1. The lowest BCUT2D eigenvalue weighted by atomic mass is 9.85. The number of hydrogen-bond donors (Lipinski definition) is 6. The average Bonchev–Trinajstić information content (AvgIpc) is 3.88. The topological polar surface area (TPSA) is 222 Å². The maximum atomic E-state index is 14.0. The van der Waals surface area contributed by atoms with Crippen LogP contribution in [0.1, 0.15) is 75.3 Å². The normalized spacial score (nSPS) is 15.4. The molecule has 16 heteroatoms. The van der Waals surface area contributed by atoms with Crippen LogP contribution in [0.4, 0.5) is 5.82 Å². The molecule has 1 aliphatic heterocycles. The van der Waals surface area contributed by atoms with E-state index in [0.29, 0.717) is 49.4 Å². The molecular weight excluding hydrogens is 821 g/mol. The zero-order valence-electron chi connectivity index (χ0n) is 36.1. The fourth-order valence-electron chi connectivity index (χ4n) is 7.30. The molecule has 3 aromatic carbocycles. The van der Waals surface area contributed by atoms with Gasteiger partial charge in [0.1, 0.15) is 23.5 Å². The molecule has 1 aliphatic rings. The fraction of sp³-hybridized carbons (Fsp3) is 0.383. The number of nitrogens with one attached hydrogen (secondary N) is 3. The van der Waals surface area contributed by atoms with Crippen molar-refractivity contribution >= 4 is 40.8 Å². The molecule has 63 heavy (non-hydrogen) atoms. The second-order valence-corrected chi connectivity index (χ2v) is 17.7. The van der Waals surface area contributed by atoms with Crippen LogP contribution in [-0.4, -0.2) is 85.3 Å². The summed E-state index contributed by atoms with van der Waals surface area (Å²) in [7, 11) is 0. The van der Waals surface area contributed by atoms with Gasteiger partial charge in [-0.2, -0.15) is 0 Å². The number of rotatable bonds is 18. The Morgan fingerprint density at radius 1 is 0.905 bits per heavy atom. The predicted octanol–water partition coefficient (Wildman–Crippen LogP) is 5.47. The van der Waals surface area contributed by atoms with Gasteiger partial charge >= 0.3 is 0 Å². The molecule has 7 N–H and O–H groups in total. The van der Waals surface area contributed by atoms with Crippen LogP contribution in [0.3, 0.4) is 0 Å². The van der Waals surface area contributed by atoms with Gasteiger partial charge in [0.25, 0.3) is 0 Å². The number of aromatic hydroxyl groups is 1. The number of likely N-dealkylation sites (tertiary alicyclic amines) is 1. The molecule has 5 aromatic rings. The molecule has 0 bridgehead atoms. The van der Waals surface area contributed by atoms with Crippen LogP contribution in [0.25, 0.3) is 21.7 Å². The van der Waals surface area contributed by atoms with Gasteiger partial charge in [0.2, 0.25) is 23.6 Å². The van der Waals surface area contributed by atoms with Crippen molar-refractivity contribution in [3.63, 3.8) is 0 Å². The van der Waals surface area contributed by atoms with Gasteiger partial charge in [-0.3, -0.25) is 19.2 Å². The number of aryl methyl sites for hydroxylation is 1. The summed E-state index contributed by atoms with van der Waals surface area (Å²) in [5.41, 5.74) is 12.9. The second kappa shape index (κ2) is 21.1. The third kappa shape index (κ3) is 12.6. The molecule has 0 saturated carbocycles. The van der Waals surface area contributed by atoms with E-state index in [9.17, 15) is 29.4 Å². The molecule has 3 atom stereocenters. The number of aliphatic hydroxyl groups excluding tert-OH is 1. The first kappa shape index (κ1) is 46.1. The number of amides is 4. The Morgan fingerprint density at radius 2 is 1.56 bits per heavy atom. The smallest absolute Gasteiger partial charge is 0.246 e. The third-order valence-electron chi connectivity index (χ3n) is 10.9. The minimum absolute atomic E-state index is 0.0120. The number of nitrogen functional groups attached to an aromatic ring is 1. The summed E-state index contributed by atoms with van der Waals surface area (Å²) in [4.78, 5) is 60.0. The molecule has 4 amide bonds. The van der Waals surface area contributed by atoms with E-state index < -0.39 is 29.5 Å². The number of phenolic OH excluding ortho intramolecular Hbond substituents is 1.